The average Bonchev–Trinajstić information content (AvgIpc) is 3.19. The van der Waals surface area contributed by atoms with Crippen molar-refractivity contribution in [2.24, 2.45) is 0 Å². The number of methoxy groups -OCH3 is 4. The van der Waals surface area contributed by atoms with Crippen LogP contribution in [0.25, 0.3) is 21.9 Å². The lowest BCUT2D eigenvalue weighted by molar-refractivity contribution is 0.0977. The number of anilines is 1. The molecule has 2 N–H and O–H groups in total. The number of hydrogen-bond acceptors (Lipinski definition) is 7. The minimum absolute atomic E-state index is 0.0857. The Kier molecular flexibility index (Phi) is 6.23. The van der Waals surface area contributed by atoms with Crippen molar-refractivity contribution in [1.29, 1.82) is 0 Å². The van der Waals surface area contributed by atoms with Gasteiger partial charge in [0.05, 0.1) is 34.1 Å². The van der Waals surface area contributed by atoms with Crippen molar-refractivity contribution in [1.82, 2.24) is 5.32 Å². The third-order valence-corrected chi connectivity index (χ3v) is 5.31. The van der Waals surface area contributed by atoms with Crippen molar-refractivity contribution in [2.75, 3.05) is 33.8 Å². The molecule has 1 amide bonds. The summed E-state index contributed by atoms with van der Waals surface area (Å²) < 4.78 is 27.4. The lowest BCUT2D eigenvalue weighted by atomic mass is 10.1. The fourth-order valence-electron chi connectivity index (χ4n) is 3.56. The van der Waals surface area contributed by atoms with Gasteiger partial charge in [0.15, 0.2) is 16.6 Å². The largest absolute Gasteiger partial charge is 0.495 e. The van der Waals surface area contributed by atoms with Crippen molar-refractivity contribution in [3.8, 4) is 23.0 Å². The Balaban J connectivity index is 1.58. The fourth-order valence-corrected chi connectivity index (χ4v) is 3.76. The molecule has 0 saturated carbocycles. The number of carbonyl (C=O) groups is 1. The molecule has 0 aliphatic carbocycles. The van der Waals surface area contributed by atoms with E-state index in [1.807, 2.05) is 30.3 Å². The van der Waals surface area contributed by atoms with E-state index in [0.29, 0.717) is 34.3 Å². The molecule has 0 aliphatic heterocycles. The van der Waals surface area contributed by atoms with Crippen LogP contribution >= 0.6 is 12.2 Å². The number of thiocarbonyl (C=S) groups is 1. The first kappa shape index (κ1) is 22.2. The molecule has 0 fully saturated rings. The lowest BCUT2D eigenvalue weighted by Gasteiger charge is -2.15. The molecule has 0 unspecified atom stereocenters. The maximum Gasteiger partial charge on any atom is 0.257 e. The minimum atomic E-state index is -0.449. The molecule has 0 atom stereocenters. The number of para-hydroxylation sites is 1. The van der Waals surface area contributed by atoms with Gasteiger partial charge in [-0.1, -0.05) is 18.2 Å². The van der Waals surface area contributed by atoms with Crippen molar-refractivity contribution in [2.45, 2.75) is 0 Å². The summed E-state index contributed by atoms with van der Waals surface area (Å²) in [6.07, 6.45) is 0. The third-order valence-electron chi connectivity index (χ3n) is 5.10. The monoisotopic (exact) mass is 466 g/mol. The van der Waals surface area contributed by atoms with Gasteiger partial charge in [-0.15, -0.1) is 0 Å². The second-order valence-electron chi connectivity index (χ2n) is 6.97. The van der Waals surface area contributed by atoms with Gasteiger partial charge in [-0.05, 0) is 36.5 Å². The molecule has 170 valence electrons. The van der Waals surface area contributed by atoms with Gasteiger partial charge in [0.25, 0.3) is 5.91 Å². The molecule has 0 aliphatic rings. The molecule has 0 saturated heterocycles. The van der Waals surface area contributed by atoms with Crippen LogP contribution in [0.15, 0.2) is 52.9 Å². The molecule has 3 aromatic carbocycles. The van der Waals surface area contributed by atoms with E-state index >= 15 is 0 Å². The number of amides is 1. The molecule has 9 heteroatoms. The van der Waals surface area contributed by atoms with Crippen LogP contribution in [-0.4, -0.2) is 39.5 Å². The highest BCUT2D eigenvalue weighted by molar-refractivity contribution is 7.80. The zero-order valence-corrected chi connectivity index (χ0v) is 19.3. The van der Waals surface area contributed by atoms with E-state index in [0.717, 1.165) is 16.4 Å². The van der Waals surface area contributed by atoms with E-state index in [2.05, 4.69) is 10.6 Å². The quantitative estimate of drug-likeness (QED) is 0.394. The molecule has 0 spiro atoms. The zero-order valence-electron chi connectivity index (χ0n) is 18.5. The number of ether oxygens (including phenoxy) is 4. The van der Waals surface area contributed by atoms with Gasteiger partial charge in [-0.3, -0.25) is 10.1 Å². The molecule has 4 aromatic rings. The molecule has 8 nitrogen and oxygen atoms in total. The second kappa shape index (κ2) is 9.25. The molecular weight excluding hydrogens is 444 g/mol. The van der Waals surface area contributed by atoms with Crippen LogP contribution in [0.4, 0.5) is 5.69 Å². The standard InChI is InChI=1S/C24H22N2O6S/c1-28-19-11-15-14-7-5-6-8-17(14)32-18(15)12-16(19)25-24(33)26-23(27)13-9-20(29-2)22(31-4)21(10-13)30-3/h5-12H,1-4H3,(H2,25,26,27,33). The topological polar surface area (TPSA) is 91.2 Å². The fraction of sp³-hybridized carbons (Fsp3) is 0.167. The number of nitrogens with one attached hydrogen (secondary N) is 2. The van der Waals surface area contributed by atoms with E-state index in [9.17, 15) is 4.79 Å². The summed E-state index contributed by atoms with van der Waals surface area (Å²) in [4.78, 5) is 12.8. The number of rotatable bonds is 6. The normalized spacial score (nSPS) is 10.7. The zero-order chi connectivity index (χ0) is 23.5. The molecule has 1 heterocycles. The Morgan fingerprint density at radius 3 is 2.12 bits per heavy atom. The van der Waals surface area contributed by atoms with Crippen LogP contribution in [0, 0.1) is 0 Å². The number of furan rings is 1. The van der Waals surface area contributed by atoms with Crippen molar-refractivity contribution < 1.29 is 28.2 Å². The molecule has 33 heavy (non-hydrogen) atoms. The number of benzene rings is 3. The van der Waals surface area contributed by atoms with Gasteiger partial charge < -0.3 is 28.7 Å². The average molecular weight is 467 g/mol. The number of fused-ring (bicyclic) bond motifs is 3. The summed E-state index contributed by atoms with van der Waals surface area (Å²) in [6, 6.07) is 14.5. The van der Waals surface area contributed by atoms with Crippen LogP contribution < -0.4 is 29.6 Å². The van der Waals surface area contributed by atoms with Gasteiger partial charge in [-0.2, -0.15) is 0 Å². The van der Waals surface area contributed by atoms with E-state index in [1.54, 1.807) is 25.3 Å². The van der Waals surface area contributed by atoms with Crippen LogP contribution in [-0.2, 0) is 0 Å². The summed E-state index contributed by atoms with van der Waals surface area (Å²) in [6.45, 7) is 0. The van der Waals surface area contributed by atoms with Gasteiger partial charge in [0.2, 0.25) is 5.75 Å². The Bertz CT molecular complexity index is 1340. The van der Waals surface area contributed by atoms with Gasteiger partial charge in [0.1, 0.15) is 16.9 Å². The Morgan fingerprint density at radius 2 is 1.48 bits per heavy atom. The van der Waals surface area contributed by atoms with E-state index in [1.165, 1.54) is 21.3 Å². The highest BCUT2D eigenvalue weighted by Gasteiger charge is 2.19. The van der Waals surface area contributed by atoms with Crippen LogP contribution in [0.3, 0.4) is 0 Å². The Hall–Kier alpha value is -3.98. The van der Waals surface area contributed by atoms with Crippen LogP contribution in [0.1, 0.15) is 10.4 Å². The number of hydrogen-bond donors (Lipinski definition) is 2. The maximum atomic E-state index is 12.8. The summed E-state index contributed by atoms with van der Waals surface area (Å²) in [5.74, 6) is 1.21. The summed E-state index contributed by atoms with van der Waals surface area (Å²) >= 11 is 5.36. The first-order valence-corrected chi connectivity index (χ1v) is 10.3. The smallest absolute Gasteiger partial charge is 0.257 e. The summed E-state index contributed by atoms with van der Waals surface area (Å²) in [5, 5.41) is 7.64. The van der Waals surface area contributed by atoms with E-state index in [4.69, 9.17) is 35.6 Å². The number of carbonyl (C=O) groups excluding carboxylic acids is 1. The van der Waals surface area contributed by atoms with Crippen molar-refractivity contribution in [3.05, 3.63) is 54.1 Å². The molecular formula is C24H22N2O6S. The lowest BCUT2D eigenvalue weighted by Crippen LogP contribution is -2.34. The highest BCUT2D eigenvalue weighted by Crippen LogP contribution is 2.38. The molecule has 0 radical (unpaired) electrons. The first-order chi connectivity index (χ1) is 16.0. The SMILES string of the molecule is COc1cc2c(cc1NC(=S)NC(=O)c1cc(OC)c(OC)c(OC)c1)oc1ccccc12. The minimum Gasteiger partial charge on any atom is -0.495 e. The Labute approximate surface area is 195 Å². The highest BCUT2D eigenvalue weighted by atomic mass is 32.1. The summed E-state index contributed by atoms with van der Waals surface area (Å²) in [7, 11) is 6.01. The van der Waals surface area contributed by atoms with Crippen LogP contribution in [0.5, 0.6) is 23.0 Å². The maximum absolute atomic E-state index is 12.8. The van der Waals surface area contributed by atoms with Gasteiger partial charge in [0, 0.05) is 22.4 Å². The van der Waals surface area contributed by atoms with Crippen LogP contribution in [0.2, 0.25) is 0 Å². The predicted molar refractivity (Wildman–Crippen MR) is 130 cm³/mol. The van der Waals surface area contributed by atoms with E-state index in [-0.39, 0.29) is 10.7 Å². The van der Waals surface area contributed by atoms with Gasteiger partial charge in [-0.25, -0.2) is 0 Å². The third kappa shape index (κ3) is 4.22. The summed E-state index contributed by atoms with van der Waals surface area (Å²) in [5.41, 5.74) is 2.27. The first-order valence-electron chi connectivity index (χ1n) is 9.90. The van der Waals surface area contributed by atoms with E-state index < -0.39 is 5.91 Å². The second-order valence-corrected chi connectivity index (χ2v) is 7.38. The van der Waals surface area contributed by atoms with Gasteiger partial charge >= 0.3 is 0 Å². The molecule has 1 aromatic heterocycles. The van der Waals surface area contributed by atoms with Crippen molar-refractivity contribution in [3.63, 3.8) is 0 Å². The molecule has 4 rings (SSSR count). The molecule has 0 bridgehead atoms. The van der Waals surface area contributed by atoms with Crippen molar-refractivity contribution >= 4 is 50.9 Å². The Morgan fingerprint density at radius 1 is 0.818 bits per heavy atom. The predicted octanol–water partition coefficient (Wildman–Crippen LogP) is 4.75.